The number of nitrogens with zero attached hydrogens (tertiary/aromatic N) is 1. The van der Waals surface area contributed by atoms with E-state index in [0.29, 0.717) is 22.9 Å². The second kappa shape index (κ2) is 5.64. The second-order valence-corrected chi connectivity index (χ2v) is 5.31. The molecule has 2 atom stereocenters. The number of hydrogen-bond donors (Lipinski definition) is 1. The maximum Gasteiger partial charge on any atom is 0.273 e. The smallest absolute Gasteiger partial charge is 0.273 e. The van der Waals surface area contributed by atoms with Gasteiger partial charge in [-0.2, -0.15) is 0 Å². The highest BCUT2D eigenvalue weighted by atomic mass is 79.9. The maximum absolute atomic E-state index is 11.9. The predicted octanol–water partition coefficient (Wildman–Crippen LogP) is 1.87. The topological polar surface area (TPSA) is 64.4 Å². The summed E-state index contributed by atoms with van der Waals surface area (Å²) in [5, 5.41) is 6.67. The molecular formula is C11H15BrN2O3. The molecule has 17 heavy (non-hydrogen) atoms. The van der Waals surface area contributed by atoms with E-state index in [2.05, 4.69) is 26.4 Å². The Balaban J connectivity index is 1.94. The summed E-state index contributed by atoms with van der Waals surface area (Å²) >= 11 is 3.56. The molecule has 1 aliphatic rings. The minimum Gasteiger partial charge on any atom is -0.377 e. The molecule has 5 nitrogen and oxygen atoms in total. The number of rotatable bonds is 4. The van der Waals surface area contributed by atoms with Gasteiger partial charge in [0.25, 0.3) is 5.91 Å². The monoisotopic (exact) mass is 302 g/mol. The molecule has 1 N–H and O–H groups in total. The molecule has 1 fully saturated rings. The van der Waals surface area contributed by atoms with Crippen molar-refractivity contribution < 1.29 is 14.1 Å². The molecule has 1 heterocycles. The Bertz CT molecular complexity index is 394. The zero-order chi connectivity index (χ0) is 12.3. The first-order valence-corrected chi connectivity index (χ1v) is 6.51. The normalized spacial score (nSPS) is 23.9. The fourth-order valence-electron chi connectivity index (χ4n) is 1.95. The van der Waals surface area contributed by atoms with Gasteiger partial charge in [0.15, 0.2) is 11.5 Å². The molecule has 0 saturated heterocycles. The van der Waals surface area contributed by atoms with Gasteiger partial charge in [-0.1, -0.05) is 27.5 Å². The number of amides is 1. The highest BCUT2D eigenvalue weighted by Gasteiger charge is 2.27. The van der Waals surface area contributed by atoms with Crippen molar-refractivity contribution >= 4 is 21.8 Å². The average Bonchev–Trinajstić information content (AvgIpc) is 2.90. The molecule has 1 aromatic heterocycles. The number of carbonyl (C=O) groups excluding carboxylic acids is 1. The summed E-state index contributed by atoms with van der Waals surface area (Å²) in [5.41, 5.74) is 0.309. The lowest BCUT2D eigenvalue weighted by Crippen LogP contribution is -2.37. The van der Waals surface area contributed by atoms with Gasteiger partial charge in [0, 0.05) is 24.0 Å². The van der Waals surface area contributed by atoms with Gasteiger partial charge in [-0.3, -0.25) is 4.79 Å². The highest BCUT2D eigenvalue weighted by Crippen LogP contribution is 2.25. The highest BCUT2D eigenvalue weighted by molar-refractivity contribution is 9.09. The van der Waals surface area contributed by atoms with Crippen LogP contribution >= 0.6 is 15.9 Å². The van der Waals surface area contributed by atoms with Crippen LogP contribution in [0.25, 0.3) is 0 Å². The molecule has 0 radical (unpaired) electrons. The fraction of sp³-hybridized carbons (Fsp3) is 0.636. The van der Waals surface area contributed by atoms with Gasteiger partial charge in [-0.05, 0) is 12.8 Å². The minimum absolute atomic E-state index is 0.185. The van der Waals surface area contributed by atoms with Gasteiger partial charge < -0.3 is 14.6 Å². The van der Waals surface area contributed by atoms with E-state index in [0.717, 1.165) is 19.3 Å². The first-order chi connectivity index (χ1) is 8.20. The number of hydrogen-bond acceptors (Lipinski definition) is 4. The number of nitrogens with one attached hydrogen (secondary N) is 1. The largest absolute Gasteiger partial charge is 0.377 e. The first-order valence-electron chi connectivity index (χ1n) is 5.60. The number of carbonyl (C=O) groups is 1. The van der Waals surface area contributed by atoms with Crippen molar-refractivity contribution in [3.05, 3.63) is 17.5 Å². The SMILES string of the molecule is COCc1cc(C(=O)NC2CCCC2Br)no1. The van der Waals surface area contributed by atoms with Crippen molar-refractivity contribution in [2.75, 3.05) is 7.11 Å². The number of ether oxygens (including phenoxy) is 1. The summed E-state index contributed by atoms with van der Waals surface area (Å²) in [6.45, 7) is 0.324. The van der Waals surface area contributed by atoms with Crippen LogP contribution in [0.3, 0.4) is 0 Å². The number of halogens is 1. The van der Waals surface area contributed by atoms with Crippen LogP contribution < -0.4 is 5.32 Å². The fourth-order valence-corrected chi connectivity index (χ4v) is 2.67. The van der Waals surface area contributed by atoms with Crippen molar-refractivity contribution in [1.29, 1.82) is 0 Å². The molecule has 2 rings (SSSR count). The Hall–Kier alpha value is -0.880. The first kappa shape index (κ1) is 12.6. The summed E-state index contributed by atoms with van der Waals surface area (Å²) in [6.07, 6.45) is 3.23. The molecule has 0 aliphatic heterocycles. The molecule has 1 aromatic rings. The van der Waals surface area contributed by atoms with Crippen molar-refractivity contribution in [1.82, 2.24) is 10.5 Å². The summed E-state index contributed by atoms with van der Waals surface area (Å²) in [4.78, 5) is 12.2. The summed E-state index contributed by atoms with van der Waals surface area (Å²) in [7, 11) is 1.57. The van der Waals surface area contributed by atoms with E-state index in [1.54, 1.807) is 13.2 Å². The Labute approximate surface area is 108 Å². The van der Waals surface area contributed by atoms with Crippen LogP contribution in [0, 0.1) is 0 Å². The standard InChI is InChI=1S/C11H15BrN2O3/c1-16-6-7-5-10(14-17-7)11(15)13-9-4-2-3-8(9)12/h5,8-9H,2-4,6H2,1H3,(H,13,15). The van der Waals surface area contributed by atoms with Gasteiger partial charge in [0.05, 0.1) is 0 Å². The van der Waals surface area contributed by atoms with Gasteiger partial charge in [0.1, 0.15) is 6.61 Å². The van der Waals surface area contributed by atoms with Gasteiger partial charge in [-0.25, -0.2) is 0 Å². The molecule has 1 aliphatic carbocycles. The van der Waals surface area contributed by atoms with Crippen molar-refractivity contribution in [3.8, 4) is 0 Å². The van der Waals surface area contributed by atoms with Gasteiger partial charge in [-0.15, -0.1) is 0 Å². The Morgan fingerprint density at radius 1 is 1.71 bits per heavy atom. The van der Waals surface area contributed by atoms with E-state index in [-0.39, 0.29) is 11.9 Å². The predicted molar refractivity (Wildman–Crippen MR) is 65.0 cm³/mol. The number of methoxy groups -OCH3 is 1. The van der Waals surface area contributed by atoms with Crippen LogP contribution in [-0.4, -0.2) is 29.0 Å². The van der Waals surface area contributed by atoms with E-state index in [9.17, 15) is 4.79 Å². The molecule has 0 aromatic carbocycles. The molecule has 0 spiro atoms. The Morgan fingerprint density at radius 2 is 2.53 bits per heavy atom. The molecule has 94 valence electrons. The van der Waals surface area contributed by atoms with E-state index < -0.39 is 0 Å². The van der Waals surface area contributed by atoms with Gasteiger partial charge in [0.2, 0.25) is 0 Å². The van der Waals surface area contributed by atoms with E-state index >= 15 is 0 Å². The maximum atomic E-state index is 11.9. The van der Waals surface area contributed by atoms with Crippen LogP contribution in [0.15, 0.2) is 10.6 Å². The lowest BCUT2D eigenvalue weighted by atomic mass is 10.2. The zero-order valence-corrected chi connectivity index (χ0v) is 11.2. The van der Waals surface area contributed by atoms with E-state index in [4.69, 9.17) is 9.26 Å². The third kappa shape index (κ3) is 3.07. The Kier molecular flexibility index (Phi) is 4.17. The van der Waals surface area contributed by atoms with Crippen LogP contribution in [0.5, 0.6) is 0 Å². The molecule has 0 bridgehead atoms. The number of alkyl halides is 1. The zero-order valence-electron chi connectivity index (χ0n) is 9.61. The summed E-state index contributed by atoms with van der Waals surface area (Å²) < 4.78 is 9.87. The van der Waals surface area contributed by atoms with E-state index in [1.807, 2.05) is 0 Å². The van der Waals surface area contributed by atoms with Crippen molar-refractivity contribution in [3.63, 3.8) is 0 Å². The third-order valence-corrected chi connectivity index (χ3v) is 3.92. The molecule has 2 unspecified atom stereocenters. The molecule has 1 amide bonds. The molecule has 6 heteroatoms. The molecule has 1 saturated carbocycles. The van der Waals surface area contributed by atoms with Crippen molar-refractivity contribution in [2.45, 2.75) is 36.7 Å². The average molecular weight is 303 g/mol. The summed E-state index contributed by atoms with van der Waals surface area (Å²) in [5.74, 6) is 0.368. The van der Waals surface area contributed by atoms with Crippen LogP contribution in [0.1, 0.15) is 35.5 Å². The number of aromatic nitrogens is 1. The van der Waals surface area contributed by atoms with Crippen LogP contribution in [0.4, 0.5) is 0 Å². The third-order valence-electron chi connectivity index (χ3n) is 2.83. The van der Waals surface area contributed by atoms with E-state index in [1.165, 1.54) is 0 Å². The quantitative estimate of drug-likeness (QED) is 0.862. The molecular weight excluding hydrogens is 288 g/mol. The van der Waals surface area contributed by atoms with Gasteiger partial charge >= 0.3 is 0 Å². The van der Waals surface area contributed by atoms with Crippen LogP contribution in [-0.2, 0) is 11.3 Å². The van der Waals surface area contributed by atoms with Crippen molar-refractivity contribution in [2.24, 2.45) is 0 Å². The second-order valence-electron chi connectivity index (χ2n) is 4.14. The Morgan fingerprint density at radius 3 is 3.18 bits per heavy atom. The van der Waals surface area contributed by atoms with Crippen LogP contribution in [0.2, 0.25) is 0 Å². The lowest BCUT2D eigenvalue weighted by Gasteiger charge is -2.14. The summed E-state index contributed by atoms with van der Waals surface area (Å²) in [6, 6.07) is 1.79. The minimum atomic E-state index is -0.188. The lowest BCUT2D eigenvalue weighted by molar-refractivity contribution is 0.0929.